The third-order valence-corrected chi connectivity index (χ3v) is 3.91. The van der Waals surface area contributed by atoms with E-state index in [-0.39, 0.29) is 0 Å². The second kappa shape index (κ2) is 8.06. The largest absolute Gasteiger partial charge is 0.381 e. The lowest BCUT2D eigenvalue weighted by molar-refractivity contribution is 0.0770. The lowest BCUT2D eigenvalue weighted by Gasteiger charge is -2.22. The summed E-state index contributed by atoms with van der Waals surface area (Å²) in [5.41, 5.74) is 0. The van der Waals surface area contributed by atoms with E-state index in [1.54, 1.807) is 0 Å². The van der Waals surface area contributed by atoms with Crippen molar-refractivity contribution in [3.8, 4) is 0 Å². The molecule has 3 nitrogen and oxygen atoms in total. The van der Waals surface area contributed by atoms with E-state index in [4.69, 9.17) is 9.47 Å². The molecule has 100 valence electrons. The molecule has 0 aromatic heterocycles. The van der Waals surface area contributed by atoms with Crippen molar-refractivity contribution >= 4 is 0 Å². The van der Waals surface area contributed by atoms with Crippen LogP contribution in [0.25, 0.3) is 0 Å². The molecule has 2 atom stereocenters. The molecule has 2 unspecified atom stereocenters. The molecule has 2 aliphatic heterocycles. The molecule has 2 saturated heterocycles. The van der Waals surface area contributed by atoms with Crippen molar-refractivity contribution < 1.29 is 9.47 Å². The van der Waals surface area contributed by atoms with E-state index in [1.807, 2.05) is 0 Å². The lowest BCUT2D eigenvalue weighted by Crippen LogP contribution is -2.30. The molecule has 0 saturated carbocycles. The third-order valence-electron chi connectivity index (χ3n) is 3.91. The monoisotopic (exact) mass is 241 g/mol. The first kappa shape index (κ1) is 13.3. The Kier molecular flexibility index (Phi) is 6.32. The Morgan fingerprint density at radius 2 is 2.12 bits per heavy atom. The Bertz CT molecular complexity index is 187. The van der Waals surface area contributed by atoms with Gasteiger partial charge in [0.05, 0.1) is 6.10 Å². The quantitative estimate of drug-likeness (QED) is 0.694. The van der Waals surface area contributed by atoms with Gasteiger partial charge in [-0.3, -0.25) is 0 Å². The van der Waals surface area contributed by atoms with E-state index in [0.29, 0.717) is 6.10 Å². The summed E-state index contributed by atoms with van der Waals surface area (Å²) in [6.07, 6.45) is 9.33. The van der Waals surface area contributed by atoms with Crippen LogP contribution in [-0.2, 0) is 9.47 Å². The minimum absolute atomic E-state index is 0.529. The molecule has 0 radical (unpaired) electrons. The van der Waals surface area contributed by atoms with E-state index in [2.05, 4.69) is 5.32 Å². The maximum atomic E-state index is 5.71. The number of ether oxygens (including phenoxy) is 2. The zero-order chi connectivity index (χ0) is 11.8. The minimum Gasteiger partial charge on any atom is -0.381 e. The van der Waals surface area contributed by atoms with Gasteiger partial charge in [0, 0.05) is 19.8 Å². The molecular formula is C14H27NO2. The van der Waals surface area contributed by atoms with Gasteiger partial charge in [-0.05, 0) is 64.0 Å². The molecule has 17 heavy (non-hydrogen) atoms. The zero-order valence-electron chi connectivity index (χ0n) is 11.0. The van der Waals surface area contributed by atoms with Gasteiger partial charge < -0.3 is 14.8 Å². The number of nitrogens with one attached hydrogen (secondary N) is 1. The summed E-state index contributed by atoms with van der Waals surface area (Å²) in [7, 11) is 0. The Balaban J connectivity index is 1.38. The highest BCUT2D eigenvalue weighted by atomic mass is 16.5. The fraction of sp³-hybridized carbons (Fsp3) is 1.00. The first-order valence-corrected chi connectivity index (χ1v) is 7.35. The van der Waals surface area contributed by atoms with E-state index in [0.717, 1.165) is 32.2 Å². The van der Waals surface area contributed by atoms with Gasteiger partial charge in [0.15, 0.2) is 0 Å². The van der Waals surface area contributed by atoms with Crippen molar-refractivity contribution in [3.05, 3.63) is 0 Å². The summed E-state index contributed by atoms with van der Waals surface area (Å²) in [4.78, 5) is 0. The summed E-state index contributed by atoms with van der Waals surface area (Å²) in [5, 5.41) is 3.45. The summed E-state index contributed by atoms with van der Waals surface area (Å²) < 4.78 is 11.3. The number of rotatable bonds is 7. The minimum atomic E-state index is 0.529. The number of piperidine rings is 1. The standard InChI is InChI=1S/C14H27NO2/c1-4-13(12-15-8-1)7-11-16-9-2-5-14-6-3-10-17-14/h13-15H,1-12H2. The fourth-order valence-electron chi connectivity index (χ4n) is 2.81. The normalized spacial score (nSPS) is 29.6. The van der Waals surface area contributed by atoms with Crippen molar-refractivity contribution in [2.75, 3.05) is 32.9 Å². The van der Waals surface area contributed by atoms with Crippen LogP contribution in [0.5, 0.6) is 0 Å². The summed E-state index contributed by atoms with van der Waals surface area (Å²) >= 11 is 0. The Hall–Kier alpha value is -0.120. The SMILES string of the molecule is C1CNCC(CCOCCCC2CCCO2)C1. The van der Waals surface area contributed by atoms with Crippen LogP contribution in [0.1, 0.15) is 44.9 Å². The summed E-state index contributed by atoms with van der Waals surface area (Å²) in [5.74, 6) is 0.849. The highest BCUT2D eigenvalue weighted by molar-refractivity contribution is 4.68. The predicted octanol–water partition coefficient (Wildman–Crippen LogP) is 2.35. The van der Waals surface area contributed by atoms with Gasteiger partial charge in [0.2, 0.25) is 0 Å². The molecule has 0 amide bonds. The van der Waals surface area contributed by atoms with E-state index >= 15 is 0 Å². The van der Waals surface area contributed by atoms with E-state index in [1.165, 1.54) is 51.6 Å². The van der Waals surface area contributed by atoms with Crippen molar-refractivity contribution in [2.45, 2.75) is 51.0 Å². The summed E-state index contributed by atoms with van der Waals surface area (Å²) in [6, 6.07) is 0. The Labute approximate surface area is 105 Å². The van der Waals surface area contributed by atoms with Gasteiger partial charge >= 0.3 is 0 Å². The number of hydrogen-bond acceptors (Lipinski definition) is 3. The van der Waals surface area contributed by atoms with Gasteiger partial charge in [-0.2, -0.15) is 0 Å². The molecule has 0 bridgehead atoms. The first-order chi connectivity index (χ1) is 8.45. The first-order valence-electron chi connectivity index (χ1n) is 7.35. The van der Waals surface area contributed by atoms with Crippen LogP contribution in [0.2, 0.25) is 0 Å². The van der Waals surface area contributed by atoms with E-state index in [9.17, 15) is 0 Å². The average molecular weight is 241 g/mol. The van der Waals surface area contributed by atoms with Gasteiger partial charge in [0.1, 0.15) is 0 Å². The zero-order valence-corrected chi connectivity index (χ0v) is 11.0. The van der Waals surface area contributed by atoms with Crippen LogP contribution >= 0.6 is 0 Å². The van der Waals surface area contributed by atoms with Gasteiger partial charge in [-0.1, -0.05) is 0 Å². The molecule has 3 heteroatoms. The molecule has 1 N–H and O–H groups in total. The molecule has 2 heterocycles. The fourth-order valence-corrected chi connectivity index (χ4v) is 2.81. The topological polar surface area (TPSA) is 30.5 Å². The van der Waals surface area contributed by atoms with Gasteiger partial charge in [0.25, 0.3) is 0 Å². The van der Waals surface area contributed by atoms with E-state index < -0.39 is 0 Å². The Morgan fingerprint density at radius 3 is 2.88 bits per heavy atom. The summed E-state index contributed by atoms with van der Waals surface area (Å²) in [6.45, 7) is 5.23. The predicted molar refractivity (Wildman–Crippen MR) is 69.2 cm³/mol. The maximum absolute atomic E-state index is 5.71. The number of hydrogen-bond donors (Lipinski definition) is 1. The maximum Gasteiger partial charge on any atom is 0.0576 e. The smallest absolute Gasteiger partial charge is 0.0576 e. The Morgan fingerprint density at radius 1 is 1.12 bits per heavy atom. The van der Waals surface area contributed by atoms with Crippen molar-refractivity contribution in [2.24, 2.45) is 5.92 Å². The van der Waals surface area contributed by atoms with Crippen LogP contribution in [0.15, 0.2) is 0 Å². The third kappa shape index (κ3) is 5.36. The van der Waals surface area contributed by atoms with Crippen LogP contribution in [0.3, 0.4) is 0 Å². The molecule has 0 spiro atoms. The van der Waals surface area contributed by atoms with Crippen LogP contribution < -0.4 is 5.32 Å². The van der Waals surface area contributed by atoms with Crippen LogP contribution in [0, 0.1) is 5.92 Å². The average Bonchev–Trinajstić information content (AvgIpc) is 2.88. The van der Waals surface area contributed by atoms with Crippen molar-refractivity contribution in [3.63, 3.8) is 0 Å². The second-order valence-electron chi connectivity index (χ2n) is 5.39. The van der Waals surface area contributed by atoms with Gasteiger partial charge in [-0.25, -0.2) is 0 Å². The van der Waals surface area contributed by atoms with Crippen molar-refractivity contribution in [1.82, 2.24) is 5.32 Å². The molecule has 2 rings (SSSR count). The van der Waals surface area contributed by atoms with Crippen LogP contribution in [-0.4, -0.2) is 39.0 Å². The molecule has 0 aromatic carbocycles. The second-order valence-corrected chi connectivity index (χ2v) is 5.39. The highest BCUT2D eigenvalue weighted by Gasteiger charge is 2.15. The molecule has 2 aliphatic rings. The lowest BCUT2D eigenvalue weighted by atomic mass is 9.97. The van der Waals surface area contributed by atoms with Gasteiger partial charge in [-0.15, -0.1) is 0 Å². The molecule has 0 aliphatic carbocycles. The molecular weight excluding hydrogens is 214 g/mol. The molecule has 0 aromatic rings. The highest BCUT2D eigenvalue weighted by Crippen LogP contribution is 2.17. The van der Waals surface area contributed by atoms with Crippen LogP contribution in [0.4, 0.5) is 0 Å². The molecule has 2 fully saturated rings. The van der Waals surface area contributed by atoms with Crippen molar-refractivity contribution in [1.29, 1.82) is 0 Å².